The van der Waals surface area contributed by atoms with Crippen LogP contribution in [-0.2, 0) is 17.8 Å². The van der Waals surface area contributed by atoms with E-state index in [1.54, 1.807) is 12.1 Å². The molecule has 37 heavy (non-hydrogen) atoms. The lowest BCUT2D eigenvalue weighted by Crippen LogP contribution is -2.36. The SMILES string of the molecule is COc1cc(-c2nc(-c3ccc(CCN4CCCC(C#N)C4)cc3)cn2CC(=O)CC(C)C)ccc1F. The van der Waals surface area contributed by atoms with E-state index in [9.17, 15) is 14.4 Å². The van der Waals surface area contributed by atoms with Crippen LogP contribution in [0.3, 0.4) is 0 Å². The van der Waals surface area contributed by atoms with Crippen molar-refractivity contribution in [1.29, 1.82) is 5.26 Å². The summed E-state index contributed by atoms with van der Waals surface area (Å²) in [4.78, 5) is 19.9. The molecule has 0 saturated carbocycles. The number of hydrogen-bond acceptors (Lipinski definition) is 5. The summed E-state index contributed by atoms with van der Waals surface area (Å²) in [6.07, 6.45) is 5.40. The molecule has 4 rings (SSSR count). The number of imidazole rings is 1. The molecule has 1 atom stereocenters. The molecule has 0 amide bonds. The fraction of sp³-hybridized carbons (Fsp3) is 0.433. The van der Waals surface area contributed by atoms with Crippen LogP contribution >= 0.6 is 0 Å². The van der Waals surface area contributed by atoms with Crippen molar-refractivity contribution in [3.8, 4) is 34.5 Å². The minimum absolute atomic E-state index is 0.126. The van der Waals surface area contributed by atoms with E-state index in [-0.39, 0.29) is 29.9 Å². The number of Topliss-reactive ketones (excluding diaryl/α,β-unsaturated/α-hetero) is 1. The number of piperidine rings is 1. The third-order valence-electron chi connectivity index (χ3n) is 6.82. The molecule has 1 aromatic heterocycles. The zero-order valence-electron chi connectivity index (χ0n) is 21.9. The molecule has 2 heterocycles. The molecular formula is C30H35FN4O2. The Balaban J connectivity index is 1.54. The van der Waals surface area contributed by atoms with E-state index in [4.69, 9.17) is 9.72 Å². The second-order valence-electron chi connectivity index (χ2n) is 10.3. The van der Waals surface area contributed by atoms with E-state index < -0.39 is 5.82 Å². The number of methoxy groups -OCH3 is 1. The lowest BCUT2D eigenvalue weighted by Gasteiger charge is -2.29. The van der Waals surface area contributed by atoms with Gasteiger partial charge in [-0.15, -0.1) is 0 Å². The molecule has 0 spiro atoms. The van der Waals surface area contributed by atoms with Crippen LogP contribution in [0.1, 0.15) is 38.7 Å². The Kier molecular flexibility index (Phi) is 8.73. The summed E-state index contributed by atoms with van der Waals surface area (Å²) in [5.74, 6) is 0.847. The van der Waals surface area contributed by atoms with Crippen LogP contribution in [-0.4, -0.2) is 47.0 Å². The molecule has 0 N–H and O–H groups in total. The predicted octanol–water partition coefficient (Wildman–Crippen LogP) is 5.76. The van der Waals surface area contributed by atoms with Crippen LogP contribution in [0.25, 0.3) is 22.6 Å². The Morgan fingerprint density at radius 1 is 1.22 bits per heavy atom. The van der Waals surface area contributed by atoms with Crippen molar-refractivity contribution in [2.45, 2.75) is 46.1 Å². The van der Waals surface area contributed by atoms with Crippen LogP contribution in [0.4, 0.5) is 4.39 Å². The first-order chi connectivity index (χ1) is 17.9. The molecule has 6 nitrogen and oxygen atoms in total. The van der Waals surface area contributed by atoms with E-state index in [0.717, 1.165) is 50.2 Å². The van der Waals surface area contributed by atoms with Gasteiger partial charge in [-0.3, -0.25) is 4.79 Å². The normalized spacial score (nSPS) is 16.1. The number of hydrogen-bond donors (Lipinski definition) is 0. The first-order valence-electron chi connectivity index (χ1n) is 13.0. The Morgan fingerprint density at radius 3 is 2.68 bits per heavy atom. The molecular weight excluding hydrogens is 467 g/mol. The first-order valence-corrected chi connectivity index (χ1v) is 13.0. The Labute approximate surface area is 218 Å². The average Bonchev–Trinajstić information content (AvgIpc) is 3.31. The van der Waals surface area contributed by atoms with Crippen LogP contribution in [0.2, 0.25) is 0 Å². The zero-order valence-corrected chi connectivity index (χ0v) is 21.9. The average molecular weight is 503 g/mol. The van der Waals surface area contributed by atoms with Gasteiger partial charge in [0.1, 0.15) is 5.82 Å². The van der Waals surface area contributed by atoms with Crippen molar-refractivity contribution in [2.24, 2.45) is 11.8 Å². The van der Waals surface area contributed by atoms with Crippen LogP contribution in [0.15, 0.2) is 48.7 Å². The maximum absolute atomic E-state index is 14.0. The van der Waals surface area contributed by atoms with Crippen molar-refractivity contribution in [3.63, 3.8) is 0 Å². The van der Waals surface area contributed by atoms with Gasteiger partial charge in [-0.1, -0.05) is 38.1 Å². The largest absolute Gasteiger partial charge is 0.494 e. The number of carbonyl (C=O) groups is 1. The fourth-order valence-electron chi connectivity index (χ4n) is 4.91. The van der Waals surface area contributed by atoms with Crippen LogP contribution in [0.5, 0.6) is 5.75 Å². The van der Waals surface area contributed by atoms with Crippen LogP contribution in [0, 0.1) is 29.0 Å². The van der Waals surface area contributed by atoms with Crippen LogP contribution < -0.4 is 4.74 Å². The third kappa shape index (κ3) is 6.84. The highest BCUT2D eigenvalue weighted by Crippen LogP contribution is 2.29. The highest BCUT2D eigenvalue weighted by atomic mass is 19.1. The van der Waals surface area contributed by atoms with Gasteiger partial charge in [0.25, 0.3) is 0 Å². The Hall–Kier alpha value is -3.50. The minimum atomic E-state index is -0.441. The van der Waals surface area contributed by atoms with Gasteiger partial charge in [0.05, 0.1) is 31.3 Å². The smallest absolute Gasteiger partial charge is 0.165 e. The van der Waals surface area contributed by atoms with Gasteiger partial charge in [-0.2, -0.15) is 5.26 Å². The maximum atomic E-state index is 14.0. The maximum Gasteiger partial charge on any atom is 0.165 e. The number of rotatable bonds is 10. The summed E-state index contributed by atoms with van der Waals surface area (Å²) in [7, 11) is 1.43. The van der Waals surface area contributed by atoms with E-state index in [1.165, 1.54) is 18.7 Å². The number of aromatic nitrogens is 2. The molecule has 2 aromatic carbocycles. The second kappa shape index (κ2) is 12.2. The van der Waals surface area contributed by atoms with Gasteiger partial charge in [-0.25, -0.2) is 9.37 Å². The van der Waals surface area contributed by atoms with Crippen molar-refractivity contribution in [3.05, 3.63) is 60.0 Å². The highest BCUT2D eigenvalue weighted by molar-refractivity contribution is 5.79. The summed E-state index contributed by atoms with van der Waals surface area (Å²) in [5, 5.41) is 9.23. The topological polar surface area (TPSA) is 71.2 Å². The number of benzene rings is 2. The van der Waals surface area contributed by atoms with Crippen molar-refractivity contribution in [2.75, 3.05) is 26.7 Å². The lowest BCUT2D eigenvalue weighted by molar-refractivity contribution is -0.120. The van der Waals surface area contributed by atoms with Crippen molar-refractivity contribution >= 4 is 5.78 Å². The second-order valence-corrected chi connectivity index (χ2v) is 10.3. The molecule has 194 valence electrons. The number of ether oxygens (including phenoxy) is 1. The number of carbonyl (C=O) groups excluding carboxylic acids is 1. The number of halogens is 1. The summed E-state index contributed by atoms with van der Waals surface area (Å²) in [6, 6.07) is 15.4. The molecule has 1 aliphatic heterocycles. The quantitative estimate of drug-likeness (QED) is 0.353. The minimum Gasteiger partial charge on any atom is -0.494 e. The first kappa shape index (κ1) is 26.6. The van der Waals surface area contributed by atoms with E-state index in [1.807, 2.05) is 24.6 Å². The summed E-state index contributed by atoms with van der Waals surface area (Å²) in [5.41, 5.74) is 3.64. The molecule has 7 heteroatoms. The number of likely N-dealkylation sites (tertiary alicyclic amines) is 1. The highest BCUT2D eigenvalue weighted by Gasteiger charge is 2.19. The standard InChI is InChI=1S/C30H35FN4O2/c1-21(2)15-26(36)19-35-20-28(33-30(35)25-10-11-27(31)29(16-25)37-3)24-8-6-22(7-9-24)12-14-34-13-4-5-23(17-32)18-34/h6-11,16,20-21,23H,4-5,12-15,18-19H2,1-3H3. The van der Waals surface area contributed by atoms with Gasteiger partial charge >= 0.3 is 0 Å². The van der Waals surface area contributed by atoms with Crippen molar-refractivity contribution in [1.82, 2.24) is 14.5 Å². The zero-order chi connectivity index (χ0) is 26.4. The van der Waals surface area contributed by atoms with E-state index in [0.29, 0.717) is 17.8 Å². The summed E-state index contributed by atoms with van der Waals surface area (Å²) in [6.45, 7) is 7.12. The monoisotopic (exact) mass is 502 g/mol. The molecule has 1 saturated heterocycles. The van der Waals surface area contributed by atoms with Gasteiger partial charge in [-0.05, 0) is 55.5 Å². The Morgan fingerprint density at radius 2 is 1.97 bits per heavy atom. The molecule has 0 bridgehead atoms. The Bertz CT molecular complexity index is 1260. The lowest BCUT2D eigenvalue weighted by atomic mass is 9.99. The summed E-state index contributed by atoms with van der Waals surface area (Å²) < 4.78 is 21.1. The molecule has 1 unspecified atom stereocenters. The van der Waals surface area contributed by atoms with Gasteiger partial charge < -0.3 is 14.2 Å². The van der Waals surface area contributed by atoms with E-state index >= 15 is 0 Å². The van der Waals surface area contributed by atoms with Gasteiger partial charge in [0.2, 0.25) is 0 Å². The van der Waals surface area contributed by atoms with Crippen molar-refractivity contribution < 1.29 is 13.9 Å². The fourth-order valence-corrected chi connectivity index (χ4v) is 4.91. The molecule has 1 fully saturated rings. The predicted molar refractivity (Wildman–Crippen MR) is 143 cm³/mol. The summed E-state index contributed by atoms with van der Waals surface area (Å²) >= 11 is 0. The molecule has 0 radical (unpaired) electrons. The third-order valence-corrected chi connectivity index (χ3v) is 6.82. The molecule has 1 aliphatic rings. The molecule has 3 aromatic rings. The number of ketones is 1. The number of nitriles is 1. The molecule has 0 aliphatic carbocycles. The van der Waals surface area contributed by atoms with E-state index in [2.05, 4.69) is 35.2 Å². The van der Waals surface area contributed by atoms with Gasteiger partial charge in [0, 0.05) is 36.8 Å². The van der Waals surface area contributed by atoms with Gasteiger partial charge in [0.15, 0.2) is 17.3 Å². The number of nitrogens with zero attached hydrogens (tertiary/aromatic N) is 4.